The maximum atomic E-state index is 3.72. The van der Waals surface area contributed by atoms with Crippen LogP contribution in [0.5, 0.6) is 0 Å². The standard InChI is InChI=1S/4C7H7.Hf/c4*1-7-5-3-2-4-6-7;/h4*2-6H,1H2;/q4*-1;+4. The van der Waals surface area contributed by atoms with Gasteiger partial charge in [-0.25, -0.2) is 0 Å². The van der Waals surface area contributed by atoms with Crippen molar-refractivity contribution in [2.45, 2.75) is 0 Å². The Hall–Kier alpha value is -2.77. The van der Waals surface area contributed by atoms with Gasteiger partial charge in [0, 0.05) is 0 Å². The molecule has 0 radical (unpaired) electrons. The van der Waals surface area contributed by atoms with E-state index in [9.17, 15) is 0 Å². The summed E-state index contributed by atoms with van der Waals surface area (Å²) in [5.41, 5.74) is 4.29. The third kappa shape index (κ3) is 15.9. The molecule has 1 heteroatoms. The van der Waals surface area contributed by atoms with Crippen molar-refractivity contribution in [3.8, 4) is 0 Å². The first-order valence-electron chi connectivity index (χ1n) is 9.06. The van der Waals surface area contributed by atoms with Crippen LogP contribution in [0, 0.1) is 27.7 Å². The molecule has 0 fully saturated rings. The monoisotopic (exact) mass is 544 g/mol. The average molecular weight is 543 g/mol. The van der Waals surface area contributed by atoms with Crippen LogP contribution in [0.25, 0.3) is 0 Å². The van der Waals surface area contributed by atoms with Crippen LogP contribution in [0.15, 0.2) is 121 Å². The van der Waals surface area contributed by atoms with E-state index in [1.165, 1.54) is 0 Å². The SMILES string of the molecule is [CH2-]c1ccccc1.[CH2-]c1ccccc1.[CH2-]c1ccccc1.[CH2-]c1ccccc1.[Hf+4]. The van der Waals surface area contributed by atoms with Gasteiger partial charge in [-0.3, -0.25) is 0 Å². The molecule has 0 spiro atoms. The van der Waals surface area contributed by atoms with E-state index in [4.69, 9.17) is 0 Å². The molecule has 0 N–H and O–H groups in total. The molecule has 0 aromatic heterocycles. The second-order valence-corrected chi connectivity index (χ2v) is 5.94. The number of hydrogen-bond acceptors (Lipinski definition) is 0. The Balaban J connectivity index is 0.000000356. The minimum Gasteiger partial charge on any atom is -0.199 e. The summed E-state index contributed by atoms with van der Waals surface area (Å²) < 4.78 is 0. The second-order valence-electron chi connectivity index (χ2n) is 5.94. The van der Waals surface area contributed by atoms with E-state index >= 15 is 0 Å². The van der Waals surface area contributed by atoms with Crippen molar-refractivity contribution in [2.75, 3.05) is 0 Å². The zero-order chi connectivity index (χ0) is 20.5. The largest absolute Gasteiger partial charge is 4.00 e. The Morgan fingerprint density at radius 3 is 0.483 bits per heavy atom. The van der Waals surface area contributed by atoms with E-state index in [0.717, 1.165) is 22.3 Å². The maximum Gasteiger partial charge on any atom is 4.00 e. The van der Waals surface area contributed by atoms with Gasteiger partial charge in [-0.1, -0.05) is 24.3 Å². The van der Waals surface area contributed by atoms with E-state index in [-0.39, 0.29) is 25.8 Å². The van der Waals surface area contributed by atoms with Gasteiger partial charge in [-0.05, 0) is 0 Å². The normalized spacial score (nSPS) is 8.28. The first-order chi connectivity index (χ1) is 13.6. The molecular formula is C28H28Hf. The molecule has 0 aliphatic heterocycles. The Kier molecular flexibility index (Phi) is 15.7. The van der Waals surface area contributed by atoms with Gasteiger partial charge in [0.25, 0.3) is 0 Å². The van der Waals surface area contributed by atoms with Crippen LogP contribution < -0.4 is 0 Å². The summed E-state index contributed by atoms with van der Waals surface area (Å²) in [6.45, 7) is 14.9. The van der Waals surface area contributed by atoms with Gasteiger partial charge in [0.2, 0.25) is 0 Å². The van der Waals surface area contributed by atoms with Gasteiger partial charge < -0.3 is 0 Å². The van der Waals surface area contributed by atoms with E-state index < -0.39 is 0 Å². The molecule has 144 valence electrons. The summed E-state index contributed by atoms with van der Waals surface area (Å²) in [6, 6.07) is 39.5. The maximum absolute atomic E-state index is 3.72. The zero-order valence-electron chi connectivity index (χ0n) is 16.9. The number of hydrogen-bond donors (Lipinski definition) is 0. The molecule has 4 rings (SSSR count). The third-order valence-electron chi connectivity index (χ3n) is 3.37. The molecule has 0 nitrogen and oxygen atoms in total. The van der Waals surface area contributed by atoms with E-state index in [0.29, 0.717) is 0 Å². The van der Waals surface area contributed by atoms with Gasteiger partial charge in [0.05, 0.1) is 0 Å². The van der Waals surface area contributed by atoms with Crippen molar-refractivity contribution < 1.29 is 25.8 Å². The molecular weight excluding hydrogens is 515 g/mol. The molecule has 0 atom stereocenters. The topological polar surface area (TPSA) is 0 Å². The second kappa shape index (κ2) is 17.3. The van der Waals surface area contributed by atoms with Gasteiger partial charge in [0.15, 0.2) is 0 Å². The molecule has 0 unspecified atom stereocenters. The summed E-state index contributed by atoms with van der Waals surface area (Å²) >= 11 is 0. The summed E-state index contributed by atoms with van der Waals surface area (Å²) in [4.78, 5) is 0. The fourth-order valence-electron chi connectivity index (χ4n) is 1.91. The zero-order valence-corrected chi connectivity index (χ0v) is 20.5. The van der Waals surface area contributed by atoms with Crippen LogP contribution in [0.1, 0.15) is 22.3 Å². The Morgan fingerprint density at radius 1 is 0.276 bits per heavy atom. The van der Waals surface area contributed by atoms with Crippen LogP contribution in [0.4, 0.5) is 0 Å². The van der Waals surface area contributed by atoms with Crippen LogP contribution in [0.2, 0.25) is 0 Å². The van der Waals surface area contributed by atoms with Gasteiger partial charge in [0.1, 0.15) is 0 Å². The van der Waals surface area contributed by atoms with Crippen molar-refractivity contribution in [1.82, 2.24) is 0 Å². The molecule has 0 saturated carbocycles. The number of benzene rings is 4. The minimum atomic E-state index is 0. The van der Waals surface area contributed by atoms with Crippen LogP contribution in [0.3, 0.4) is 0 Å². The molecule has 0 heterocycles. The summed E-state index contributed by atoms with van der Waals surface area (Å²) in [6.07, 6.45) is 0. The predicted molar refractivity (Wildman–Crippen MR) is 124 cm³/mol. The Labute approximate surface area is 196 Å². The average Bonchev–Trinajstić information content (AvgIpc) is 2.72. The van der Waals surface area contributed by atoms with Gasteiger partial charge >= 0.3 is 25.8 Å². The quantitative estimate of drug-likeness (QED) is 0.160. The summed E-state index contributed by atoms with van der Waals surface area (Å²) in [5, 5.41) is 0. The summed E-state index contributed by atoms with van der Waals surface area (Å²) in [5.74, 6) is 0. The van der Waals surface area contributed by atoms with Crippen molar-refractivity contribution in [3.63, 3.8) is 0 Å². The molecule has 0 amide bonds. The molecule has 29 heavy (non-hydrogen) atoms. The molecule has 0 aliphatic rings. The van der Waals surface area contributed by atoms with Crippen molar-refractivity contribution in [1.29, 1.82) is 0 Å². The van der Waals surface area contributed by atoms with Crippen LogP contribution in [-0.4, -0.2) is 0 Å². The molecule has 0 bridgehead atoms. The van der Waals surface area contributed by atoms with Crippen molar-refractivity contribution in [3.05, 3.63) is 171 Å². The van der Waals surface area contributed by atoms with E-state index in [2.05, 4.69) is 27.7 Å². The van der Waals surface area contributed by atoms with Gasteiger partial charge in [-0.2, -0.15) is 98.5 Å². The first kappa shape index (κ1) is 26.2. The van der Waals surface area contributed by atoms with Crippen LogP contribution >= 0.6 is 0 Å². The first-order valence-corrected chi connectivity index (χ1v) is 9.06. The van der Waals surface area contributed by atoms with E-state index in [1.54, 1.807) is 0 Å². The van der Waals surface area contributed by atoms with Gasteiger partial charge in [-0.15, -0.1) is 48.5 Å². The Morgan fingerprint density at radius 2 is 0.414 bits per heavy atom. The number of rotatable bonds is 0. The predicted octanol–water partition coefficient (Wildman–Crippen LogP) is 7.47. The van der Waals surface area contributed by atoms with Crippen molar-refractivity contribution in [2.24, 2.45) is 0 Å². The third-order valence-corrected chi connectivity index (χ3v) is 3.37. The Bertz CT molecular complexity index is 676. The summed E-state index contributed by atoms with van der Waals surface area (Å²) in [7, 11) is 0. The van der Waals surface area contributed by atoms with E-state index in [1.807, 2.05) is 121 Å². The fourth-order valence-corrected chi connectivity index (χ4v) is 1.91. The molecule has 0 aliphatic carbocycles. The minimum absolute atomic E-state index is 0. The van der Waals surface area contributed by atoms with Crippen molar-refractivity contribution >= 4 is 0 Å². The smallest absolute Gasteiger partial charge is 0.199 e. The van der Waals surface area contributed by atoms with Crippen LogP contribution in [-0.2, 0) is 25.8 Å². The molecule has 0 saturated heterocycles. The molecule has 4 aromatic carbocycles. The fraction of sp³-hybridized carbons (Fsp3) is 0. The molecule has 4 aromatic rings.